The fourth-order valence-electron chi connectivity index (χ4n) is 2.66. The predicted molar refractivity (Wildman–Crippen MR) is 100 cm³/mol. The van der Waals surface area contributed by atoms with Gasteiger partial charge >= 0.3 is 14.7 Å². The average Bonchev–Trinajstić information content (AvgIpc) is 2.59. The lowest BCUT2D eigenvalue weighted by atomic mass is 10.1. The van der Waals surface area contributed by atoms with Crippen LogP contribution in [0.25, 0.3) is 0 Å². The Morgan fingerprint density at radius 3 is 2.46 bits per heavy atom. The normalized spacial score (nSPS) is 12.5. The molecule has 146 valence electrons. The average molecular weight is 385 g/mol. The van der Waals surface area contributed by atoms with Gasteiger partial charge in [-0.25, -0.2) is 4.79 Å². The molecule has 8 nitrogen and oxygen atoms in total. The van der Waals surface area contributed by atoms with Gasteiger partial charge in [-0.15, -0.1) is 0 Å². The molecule has 0 heterocycles. The maximum atomic E-state index is 11.9. The van der Waals surface area contributed by atoms with Crippen molar-refractivity contribution in [3.63, 3.8) is 0 Å². The maximum Gasteiger partial charge on any atom is 0.407 e. The van der Waals surface area contributed by atoms with Gasteiger partial charge in [0.15, 0.2) is 0 Å². The minimum Gasteiger partial charge on any atom is -0.441 e. The number of rotatable bonds is 11. The van der Waals surface area contributed by atoms with Crippen molar-refractivity contribution < 1.29 is 23.3 Å². The summed E-state index contributed by atoms with van der Waals surface area (Å²) in [6, 6.07) is 6.98. The first-order valence-corrected chi connectivity index (χ1v) is 11.3. The van der Waals surface area contributed by atoms with Gasteiger partial charge in [-0.1, -0.05) is 12.1 Å². The van der Waals surface area contributed by atoms with Crippen LogP contribution in [0.5, 0.6) is 0 Å². The number of para-hydroxylation sites is 1. The number of carbonyl (C=O) groups is 1. The van der Waals surface area contributed by atoms with Crippen LogP contribution in [0.4, 0.5) is 10.5 Å². The van der Waals surface area contributed by atoms with E-state index in [0.29, 0.717) is 31.7 Å². The molecule has 0 spiro atoms. The number of nitrogens with one attached hydrogen (secondary N) is 1. The largest absolute Gasteiger partial charge is 0.441 e. The van der Waals surface area contributed by atoms with Gasteiger partial charge in [-0.05, 0) is 45.8 Å². The van der Waals surface area contributed by atoms with Gasteiger partial charge in [0.1, 0.15) is 6.10 Å². The molecule has 0 radical (unpaired) electrons. The summed E-state index contributed by atoms with van der Waals surface area (Å²) in [6.45, 7) is 9.11. The van der Waals surface area contributed by atoms with Gasteiger partial charge in [0.25, 0.3) is 5.69 Å². The van der Waals surface area contributed by atoms with Gasteiger partial charge < -0.3 is 18.9 Å². The Kier molecular flexibility index (Phi) is 9.25. The van der Waals surface area contributed by atoms with E-state index in [1.54, 1.807) is 25.1 Å². The SMILES string of the molecule is CCO[Si](C)(CCCNC(=O)OC(C)c1ccccc1[N+](=O)[O-])OCC. The summed E-state index contributed by atoms with van der Waals surface area (Å²) in [7, 11) is -2.19. The predicted octanol–water partition coefficient (Wildman–Crippen LogP) is 3.92. The van der Waals surface area contributed by atoms with Crippen LogP contribution in [0.15, 0.2) is 24.3 Å². The van der Waals surface area contributed by atoms with E-state index in [1.165, 1.54) is 6.07 Å². The van der Waals surface area contributed by atoms with Crippen LogP contribution >= 0.6 is 0 Å². The zero-order valence-electron chi connectivity index (χ0n) is 15.8. The quantitative estimate of drug-likeness (QED) is 0.269. The van der Waals surface area contributed by atoms with E-state index in [9.17, 15) is 14.9 Å². The highest BCUT2D eigenvalue weighted by Crippen LogP contribution is 2.26. The van der Waals surface area contributed by atoms with Gasteiger partial charge in [-0.2, -0.15) is 0 Å². The van der Waals surface area contributed by atoms with Crippen LogP contribution in [0.2, 0.25) is 12.6 Å². The minimum atomic E-state index is -2.19. The first kappa shape index (κ1) is 22.1. The molecule has 0 aliphatic carbocycles. The highest BCUT2D eigenvalue weighted by atomic mass is 28.4. The molecule has 9 heteroatoms. The molecular weight excluding hydrogens is 356 g/mol. The summed E-state index contributed by atoms with van der Waals surface area (Å²) >= 11 is 0. The number of benzene rings is 1. The van der Waals surface area contributed by atoms with E-state index in [-0.39, 0.29) is 5.69 Å². The molecule has 1 atom stereocenters. The molecule has 0 saturated carbocycles. The summed E-state index contributed by atoms with van der Waals surface area (Å²) in [5.41, 5.74) is 0.295. The highest BCUT2D eigenvalue weighted by Gasteiger charge is 2.30. The van der Waals surface area contributed by atoms with Crippen LogP contribution < -0.4 is 5.32 Å². The topological polar surface area (TPSA) is 99.9 Å². The summed E-state index contributed by atoms with van der Waals surface area (Å²) in [5.74, 6) is 0. The Morgan fingerprint density at radius 2 is 1.88 bits per heavy atom. The monoisotopic (exact) mass is 384 g/mol. The number of hydrogen-bond donors (Lipinski definition) is 1. The molecule has 1 N–H and O–H groups in total. The Bertz CT molecular complexity index is 592. The lowest BCUT2D eigenvalue weighted by Gasteiger charge is -2.25. The van der Waals surface area contributed by atoms with Crippen LogP contribution in [0, 0.1) is 10.1 Å². The highest BCUT2D eigenvalue weighted by molar-refractivity contribution is 6.66. The number of nitro groups is 1. The van der Waals surface area contributed by atoms with E-state index in [2.05, 4.69) is 5.32 Å². The fourth-order valence-corrected chi connectivity index (χ4v) is 5.07. The van der Waals surface area contributed by atoms with Crippen LogP contribution in [-0.4, -0.2) is 39.3 Å². The molecule has 0 fully saturated rings. The first-order valence-electron chi connectivity index (χ1n) is 8.78. The molecule has 1 aromatic rings. The van der Waals surface area contributed by atoms with Crippen LogP contribution in [-0.2, 0) is 13.6 Å². The Morgan fingerprint density at radius 1 is 1.27 bits per heavy atom. The van der Waals surface area contributed by atoms with E-state index in [0.717, 1.165) is 6.04 Å². The van der Waals surface area contributed by atoms with Crippen molar-refractivity contribution in [3.05, 3.63) is 39.9 Å². The second-order valence-corrected chi connectivity index (χ2v) is 9.24. The molecule has 1 rings (SSSR count). The standard InChI is InChI=1S/C17H28N2O6Si/c1-5-23-26(4,24-6-2)13-9-12-18-17(20)25-14(3)15-10-7-8-11-16(15)19(21)22/h7-8,10-11,14H,5-6,9,12-13H2,1-4H3,(H,18,20). The fraction of sp³-hybridized carbons (Fsp3) is 0.588. The summed E-state index contributed by atoms with van der Waals surface area (Å²) in [6.07, 6.45) is -0.618. The lowest BCUT2D eigenvalue weighted by Crippen LogP contribution is -2.39. The van der Waals surface area contributed by atoms with Crippen molar-refractivity contribution in [3.8, 4) is 0 Å². The molecule has 1 aromatic carbocycles. The molecule has 0 aliphatic rings. The molecule has 0 aromatic heterocycles. The van der Waals surface area contributed by atoms with Crippen molar-refractivity contribution in [2.45, 2.75) is 45.9 Å². The van der Waals surface area contributed by atoms with Crippen LogP contribution in [0.3, 0.4) is 0 Å². The second-order valence-electron chi connectivity index (χ2n) is 5.89. The number of nitrogens with zero attached hydrogens (tertiary/aromatic N) is 1. The third-order valence-corrected chi connectivity index (χ3v) is 6.89. The molecule has 26 heavy (non-hydrogen) atoms. The molecular formula is C17H28N2O6Si. The number of hydrogen-bond acceptors (Lipinski definition) is 6. The van der Waals surface area contributed by atoms with Crippen molar-refractivity contribution in [2.75, 3.05) is 19.8 Å². The zero-order chi connectivity index (χ0) is 19.6. The zero-order valence-corrected chi connectivity index (χ0v) is 16.8. The minimum absolute atomic E-state index is 0.0667. The Balaban J connectivity index is 2.46. The summed E-state index contributed by atoms with van der Waals surface area (Å²) in [5, 5.41) is 13.7. The van der Waals surface area contributed by atoms with Gasteiger partial charge in [0.2, 0.25) is 0 Å². The van der Waals surface area contributed by atoms with Crippen molar-refractivity contribution in [1.82, 2.24) is 5.32 Å². The smallest absolute Gasteiger partial charge is 0.407 e. The molecule has 0 bridgehead atoms. The number of amides is 1. The Labute approximate surface area is 155 Å². The number of nitro benzene ring substituents is 1. The van der Waals surface area contributed by atoms with Gasteiger partial charge in [0, 0.05) is 25.8 Å². The number of carbonyl (C=O) groups excluding carboxylic acids is 1. The molecule has 0 saturated heterocycles. The summed E-state index contributed by atoms with van der Waals surface area (Å²) < 4.78 is 16.7. The summed E-state index contributed by atoms with van der Waals surface area (Å²) in [4.78, 5) is 22.5. The van der Waals surface area contributed by atoms with Gasteiger partial charge in [0.05, 0.1) is 10.5 Å². The van der Waals surface area contributed by atoms with E-state index >= 15 is 0 Å². The van der Waals surface area contributed by atoms with Gasteiger partial charge in [-0.3, -0.25) is 10.1 Å². The van der Waals surface area contributed by atoms with E-state index in [1.807, 2.05) is 20.4 Å². The third kappa shape index (κ3) is 7.10. The van der Waals surface area contributed by atoms with E-state index in [4.69, 9.17) is 13.6 Å². The third-order valence-electron chi connectivity index (χ3n) is 3.83. The maximum absolute atomic E-state index is 11.9. The van der Waals surface area contributed by atoms with Crippen molar-refractivity contribution in [2.24, 2.45) is 0 Å². The first-order chi connectivity index (χ1) is 12.3. The van der Waals surface area contributed by atoms with Crippen molar-refractivity contribution in [1.29, 1.82) is 0 Å². The van der Waals surface area contributed by atoms with E-state index < -0.39 is 25.7 Å². The lowest BCUT2D eigenvalue weighted by molar-refractivity contribution is -0.386. The molecule has 0 aliphatic heterocycles. The number of alkyl carbamates (subject to hydrolysis) is 1. The van der Waals surface area contributed by atoms with Crippen molar-refractivity contribution >= 4 is 20.3 Å². The van der Waals surface area contributed by atoms with Crippen LogP contribution in [0.1, 0.15) is 38.9 Å². The Hall–Kier alpha value is -1.97. The second kappa shape index (κ2) is 10.9. The molecule has 1 unspecified atom stereocenters. The molecule has 1 amide bonds. The number of ether oxygens (including phenoxy) is 1.